The Hall–Kier alpha value is -1.94. The van der Waals surface area contributed by atoms with Crippen molar-refractivity contribution in [2.24, 2.45) is 5.92 Å². The lowest BCUT2D eigenvalue weighted by Gasteiger charge is -2.25. The summed E-state index contributed by atoms with van der Waals surface area (Å²) in [5.74, 6) is 1.71. The van der Waals surface area contributed by atoms with Crippen LogP contribution < -0.4 is 5.32 Å². The van der Waals surface area contributed by atoms with Gasteiger partial charge in [-0.25, -0.2) is 9.97 Å². The highest BCUT2D eigenvalue weighted by Crippen LogP contribution is 2.28. The summed E-state index contributed by atoms with van der Waals surface area (Å²) in [7, 11) is 2.01. The molecule has 1 aromatic heterocycles. The van der Waals surface area contributed by atoms with Crippen LogP contribution in [-0.4, -0.2) is 28.7 Å². The molecule has 110 valence electrons. The lowest BCUT2D eigenvalue weighted by Crippen LogP contribution is -2.26. The Morgan fingerprint density at radius 2 is 2.00 bits per heavy atom. The summed E-state index contributed by atoms with van der Waals surface area (Å²) < 4.78 is 0. The molecule has 0 saturated carbocycles. The highest BCUT2D eigenvalue weighted by atomic mass is 16.3. The zero-order chi connectivity index (χ0) is 14.8. The van der Waals surface area contributed by atoms with Gasteiger partial charge in [-0.2, -0.15) is 0 Å². The number of phenolic OH excluding ortho intramolecular Hbond substituents is 1. The quantitative estimate of drug-likeness (QED) is 0.908. The molecular formula is C17H21N3O. The number of hydrogen-bond acceptors (Lipinski definition) is 4. The fraction of sp³-hybridized carbons (Fsp3) is 0.412. The second-order valence-corrected chi connectivity index (χ2v) is 5.77. The molecule has 1 aliphatic rings. The molecule has 2 aromatic rings. The number of fused-ring (bicyclic) bond motifs is 1. The van der Waals surface area contributed by atoms with Crippen LogP contribution in [0.5, 0.6) is 5.75 Å². The van der Waals surface area contributed by atoms with Crippen molar-refractivity contribution < 1.29 is 5.11 Å². The number of phenols is 1. The first-order chi connectivity index (χ1) is 10.2. The summed E-state index contributed by atoms with van der Waals surface area (Å²) in [5, 5.41) is 12.6. The molecule has 4 nitrogen and oxygen atoms in total. The van der Waals surface area contributed by atoms with Gasteiger partial charge in [0.25, 0.3) is 0 Å². The highest BCUT2D eigenvalue weighted by molar-refractivity contribution is 5.57. The third-order valence-corrected chi connectivity index (χ3v) is 4.20. The van der Waals surface area contributed by atoms with Crippen LogP contribution in [0.4, 0.5) is 0 Å². The normalized spacial score (nSPS) is 17.5. The van der Waals surface area contributed by atoms with Crippen molar-refractivity contribution >= 4 is 0 Å². The summed E-state index contributed by atoms with van der Waals surface area (Å²) in [6.45, 7) is 3.13. The van der Waals surface area contributed by atoms with Gasteiger partial charge in [0.05, 0.1) is 0 Å². The first-order valence-electron chi connectivity index (χ1n) is 7.47. The maximum Gasteiger partial charge on any atom is 0.159 e. The molecule has 0 bridgehead atoms. The Labute approximate surface area is 125 Å². The van der Waals surface area contributed by atoms with Gasteiger partial charge in [-0.3, -0.25) is 0 Å². The average Bonchev–Trinajstić information content (AvgIpc) is 2.49. The van der Waals surface area contributed by atoms with Crippen LogP contribution in [0, 0.1) is 12.8 Å². The van der Waals surface area contributed by atoms with Crippen LogP contribution >= 0.6 is 0 Å². The topological polar surface area (TPSA) is 58.0 Å². The summed E-state index contributed by atoms with van der Waals surface area (Å²) in [5.41, 5.74) is 4.56. The lowest BCUT2D eigenvalue weighted by atomic mass is 9.85. The van der Waals surface area contributed by atoms with Crippen molar-refractivity contribution in [3.05, 3.63) is 41.2 Å². The monoisotopic (exact) mass is 283 g/mol. The van der Waals surface area contributed by atoms with Crippen LogP contribution in [0.15, 0.2) is 24.3 Å². The Kier molecular flexibility index (Phi) is 3.88. The predicted octanol–water partition coefficient (Wildman–Crippen LogP) is 2.48. The zero-order valence-corrected chi connectivity index (χ0v) is 12.6. The molecule has 1 heterocycles. The van der Waals surface area contributed by atoms with Crippen LogP contribution in [0.25, 0.3) is 11.4 Å². The predicted molar refractivity (Wildman–Crippen MR) is 83.3 cm³/mol. The van der Waals surface area contributed by atoms with Crippen LogP contribution in [0.1, 0.15) is 23.4 Å². The van der Waals surface area contributed by atoms with Crippen molar-refractivity contribution in [3.63, 3.8) is 0 Å². The highest BCUT2D eigenvalue weighted by Gasteiger charge is 2.22. The minimum absolute atomic E-state index is 0.267. The van der Waals surface area contributed by atoms with Gasteiger partial charge in [-0.05, 0) is 75.5 Å². The summed E-state index contributed by atoms with van der Waals surface area (Å²) in [6, 6.07) is 7.08. The average molecular weight is 283 g/mol. The van der Waals surface area contributed by atoms with Crippen molar-refractivity contribution in [2.75, 3.05) is 13.6 Å². The van der Waals surface area contributed by atoms with E-state index in [1.54, 1.807) is 12.1 Å². The Balaban J connectivity index is 1.93. The fourth-order valence-electron chi connectivity index (χ4n) is 3.06. The molecule has 0 fully saturated rings. The third kappa shape index (κ3) is 2.90. The Morgan fingerprint density at radius 3 is 2.71 bits per heavy atom. The van der Waals surface area contributed by atoms with Gasteiger partial charge in [-0.15, -0.1) is 0 Å². The molecule has 1 aliphatic carbocycles. The smallest absolute Gasteiger partial charge is 0.159 e. The van der Waals surface area contributed by atoms with E-state index in [-0.39, 0.29) is 5.75 Å². The molecule has 0 saturated heterocycles. The first-order valence-corrected chi connectivity index (χ1v) is 7.47. The van der Waals surface area contributed by atoms with Gasteiger partial charge in [0.15, 0.2) is 5.82 Å². The molecule has 2 N–H and O–H groups in total. The van der Waals surface area contributed by atoms with E-state index in [0.29, 0.717) is 5.92 Å². The number of hydrogen-bond donors (Lipinski definition) is 2. The van der Waals surface area contributed by atoms with Gasteiger partial charge in [0.2, 0.25) is 0 Å². The Morgan fingerprint density at radius 1 is 1.24 bits per heavy atom. The molecule has 3 rings (SSSR count). The minimum Gasteiger partial charge on any atom is -0.508 e. The minimum atomic E-state index is 0.267. The van der Waals surface area contributed by atoms with E-state index in [2.05, 4.69) is 17.2 Å². The molecule has 0 radical (unpaired) electrons. The maximum absolute atomic E-state index is 9.38. The largest absolute Gasteiger partial charge is 0.508 e. The SMILES string of the molecule is CNCC1CCc2nc(-c3ccc(O)cc3)nc(C)c2C1. The molecule has 21 heavy (non-hydrogen) atoms. The summed E-state index contributed by atoms with van der Waals surface area (Å²) >= 11 is 0. The molecule has 0 aliphatic heterocycles. The second kappa shape index (κ2) is 5.82. The number of nitrogens with one attached hydrogen (secondary N) is 1. The molecule has 0 spiro atoms. The standard InChI is InChI=1S/C17H21N3O/c1-11-15-9-12(10-18-2)3-8-16(15)20-17(19-11)13-4-6-14(21)7-5-13/h4-7,12,18,21H,3,8-10H2,1-2H3. The molecule has 0 amide bonds. The molecule has 1 atom stereocenters. The number of benzene rings is 1. The van der Waals surface area contributed by atoms with E-state index >= 15 is 0 Å². The molecule has 4 heteroatoms. The molecule has 1 unspecified atom stereocenters. The van der Waals surface area contributed by atoms with E-state index in [1.165, 1.54) is 17.7 Å². The number of aromatic nitrogens is 2. The van der Waals surface area contributed by atoms with Crippen LogP contribution in [-0.2, 0) is 12.8 Å². The second-order valence-electron chi connectivity index (χ2n) is 5.77. The van der Waals surface area contributed by atoms with Gasteiger partial charge in [0, 0.05) is 17.0 Å². The van der Waals surface area contributed by atoms with E-state index in [4.69, 9.17) is 4.98 Å². The van der Waals surface area contributed by atoms with Crippen molar-refractivity contribution in [1.29, 1.82) is 0 Å². The lowest BCUT2D eigenvalue weighted by molar-refractivity contribution is 0.433. The summed E-state index contributed by atoms with van der Waals surface area (Å²) in [6.07, 6.45) is 3.27. The van der Waals surface area contributed by atoms with E-state index in [9.17, 15) is 5.11 Å². The summed E-state index contributed by atoms with van der Waals surface area (Å²) in [4.78, 5) is 9.42. The molecule has 1 aromatic carbocycles. The van der Waals surface area contributed by atoms with Crippen LogP contribution in [0.3, 0.4) is 0 Å². The van der Waals surface area contributed by atoms with Crippen molar-refractivity contribution in [1.82, 2.24) is 15.3 Å². The van der Waals surface area contributed by atoms with Gasteiger partial charge in [-0.1, -0.05) is 0 Å². The van der Waals surface area contributed by atoms with Gasteiger partial charge in [0.1, 0.15) is 5.75 Å². The zero-order valence-electron chi connectivity index (χ0n) is 12.6. The number of aryl methyl sites for hydroxylation is 2. The van der Waals surface area contributed by atoms with E-state index < -0.39 is 0 Å². The third-order valence-electron chi connectivity index (χ3n) is 4.20. The number of rotatable bonds is 3. The first kappa shape index (κ1) is 14.0. The van der Waals surface area contributed by atoms with Gasteiger partial charge >= 0.3 is 0 Å². The fourth-order valence-corrected chi connectivity index (χ4v) is 3.06. The molecular weight excluding hydrogens is 262 g/mol. The van der Waals surface area contributed by atoms with E-state index in [1.807, 2.05) is 19.2 Å². The van der Waals surface area contributed by atoms with Crippen LogP contribution in [0.2, 0.25) is 0 Å². The maximum atomic E-state index is 9.38. The Bertz CT molecular complexity index is 637. The van der Waals surface area contributed by atoms with Crippen molar-refractivity contribution in [3.8, 4) is 17.1 Å². The number of aromatic hydroxyl groups is 1. The number of nitrogens with zero attached hydrogens (tertiary/aromatic N) is 2. The van der Waals surface area contributed by atoms with E-state index in [0.717, 1.165) is 36.5 Å². The van der Waals surface area contributed by atoms with Gasteiger partial charge < -0.3 is 10.4 Å². The van der Waals surface area contributed by atoms with Crippen molar-refractivity contribution in [2.45, 2.75) is 26.2 Å².